The molecule has 0 aliphatic heterocycles. The van der Waals surface area contributed by atoms with E-state index >= 15 is 0 Å². The molecule has 0 aromatic carbocycles. The van der Waals surface area contributed by atoms with Crippen LogP contribution in [0.3, 0.4) is 0 Å². The zero-order valence-electron chi connectivity index (χ0n) is 13.9. The van der Waals surface area contributed by atoms with Gasteiger partial charge in [-0.2, -0.15) is 0 Å². The van der Waals surface area contributed by atoms with Crippen LogP contribution in [0.2, 0.25) is 0 Å². The Hall–Kier alpha value is -0.570. The highest BCUT2D eigenvalue weighted by Crippen LogP contribution is 2.49. The largest absolute Gasteiger partial charge is 0.338 e. The van der Waals surface area contributed by atoms with E-state index in [1.54, 1.807) is 0 Å². The molecule has 0 spiro atoms. The lowest BCUT2D eigenvalue weighted by molar-refractivity contribution is -0.140. The van der Waals surface area contributed by atoms with Gasteiger partial charge in [0.25, 0.3) is 0 Å². The molecule has 2 bridgehead atoms. The van der Waals surface area contributed by atoms with Crippen molar-refractivity contribution in [3.63, 3.8) is 0 Å². The lowest BCUT2D eigenvalue weighted by Crippen LogP contribution is -2.48. The maximum Gasteiger partial charge on any atom is 0.226 e. The van der Waals surface area contributed by atoms with Gasteiger partial charge in [0.2, 0.25) is 5.91 Å². The number of amides is 1. The Labute approximate surface area is 130 Å². The fraction of sp³-hybridized carbons (Fsp3) is 0.944. The van der Waals surface area contributed by atoms with Gasteiger partial charge in [-0.1, -0.05) is 25.7 Å². The van der Waals surface area contributed by atoms with Gasteiger partial charge in [-0.3, -0.25) is 4.79 Å². The summed E-state index contributed by atoms with van der Waals surface area (Å²) < 4.78 is 0. The maximum atomic E-state index is 13.2. The molecule has 0 unspecified atom stereocenters. The normalized spacial score (nSPS) is 32.8. The van der Waals surface area contributed by atoms with Crippen molar-refractivity contribution in [1.82, 2.24) is 9.80 Å². The Morgan fingerprint density at radius 1 is 0.952 bits per heavy atom. The number of fused-ring (bicyclic) bond motifs is 2. The smallest absolute Gasteiger partial charge is 0.226 e. The molecule has 120 valence electrons. The fourth-order valence-corrected chi connectivity index (χ4v) is 4.93. The van der Waals surface area contributed by atoms with Gasteiger partial charge in [-0.25, -0.2) is 0 Å². The lowest BCUT2D eigenvalue weighted by Gasteiger charge is -2.38. The highest BCUT2D eigenvalue weighted by molar-refractivity contribution is 5.80. The zero-order chi connectivity index (χ0) is 14.8. The van der Waals surface area contributed by atoms with Gasteiger partial charge in [-0.05, 0) is 58.0 Å². The van der Waals surface area contributed by atoms with Gasteiger partial charge in [0.05, 0.1) is 0 Å². The first-order chi connectivity index (χ1) is 10.1. The molecule has 3 fully saturated rings. The third-order valence-corrected chi connectivity index (χ3v) is 6.14. The molecular formula is C18H32N2O. The van der Waals surface area contributed by atoms with E-state index in [9.17, 15) is 4.79 Å². The van der Waals surface area contributed by atoms with E-state index < -0.39 is 0 Å². The third kappa shape index (κ3) is 3.44. The van der Waals surface area contributed by atoms with Crippen LogP contribution < -0.4 is 0 Å². The van der Waals surface area contributed by atoms with Crippen LogP contribution in [0, 0.1) is 17.8 Å². The van der Waals surface area contributed by atoms with E-state index in [2.05, 4.69) is 23.9 Å². The summed E-state index contributed by atoms with van der Waals surface area (Å²) in [5.74, 6) is 2.46. The van der Waals surface area contributed by atoms with E-state index in [0.717, 1.165) is 19.0 Å². The highest BCUT2D eigenvalue weighted by Gasteiger charge is 2.45. The number of nitrogens with zero attached hydrogens (tertiary/aromatic N) is 2. The number of hydrogen-bond acceptors (Lipinski definition) is 2. The molecule has 21 heavy (non-hydrogen) atoms. The Kier molecular flexibility index (Phi) is 4.88. The van der Waals surface area contributed by atoms with Crippen LogP contribution in [0.25, 0.3) is 0 Å². The molecule has 0 aromatic rings. The predicted octanol–water partition coefficient (Wildman–Crippen LogP) is 3.15. The molecular weight excluding hydrogens is 260 g/mol. The summed E-state index contributed by atoms with van der Waals surface area (Å²) >= 11 is 0. The highest BCUT2D eigenvalue weighted by atomic mass is 16.2. The molecule has 1 amide bonds. The summed E-state index contributed by atoms with van der Waals surface area (Å²) in [6.07, 6.45) is 11.7. The first-order valence-corrected chi connectivity index (χ1v) is 9.10. The number of carbonyl (C=O) groups is 1. The standard InChI is InChI=1S/C18H32N2O/c1-19(2)10-11-20(16-6-4-3-5-7-16)18(21)17-13-14-8-9-15(17)12-14/h14-17H,3-13H2,1-2H3/t14-,15-,17-/m0/s1. The van der Waals surface area contributed by atoms with Gasteiger partial charge in [0.15, 0.2) is 0 Å². The summed E-state index contributed by atoms with van der Waals surface area (Å²) in [5.41, 5.74) is 0. The van der Waals surface area contributed by atoms with Gasteiger partial charge >= 0.3 is 0 Å². The summed E-state index contributed by atoms with van der Waals surface area (Å²) in [7, 11) is 4.22. The molecule has 3 aliphatic rings. The van der Waals surface area contributed by atoms with E-state index in [1.807, 2.05) is 0 Å². The van der Waals surface area contributed by atoms with Crippen LogP contribution in [0.15, 0.2) is 0 Å². The molecule has 3 heteroatoms. The molecule has 0 heterocycles. The van der Waals surface area contributed by atoms with Gasteiger partial charge in [0, 0.05) is 25.0 Å². The van der Waals surface area contributed by atoms with E-state index in [-0.39, 0.29) is 0 Å². The minimum atomic E-state index is 0.368. The minimum absolute atomic E-state index is 0.368. The fourth-order valence-electron chi connectivity index (χ4n) is 4.93. The molecule has 3 aliphatic carbocycles. The van der Waals surface area contributed by atoms with Crippen LogP contribution in [-0.4, -0.2) is 48.9 Å². The van der Waals surface area contributed by atoms with Crippen molar-refractivity contribution in [3.8, 4) is 0 Å². The Bertz CT molecular complexity index is 362. The molecule has 3 atom stereocenters. The van der Waals surface area contributed by atoms with Crippen LogP contribution in [-0.2, 0) is 4.79 Å². The van der Waals surface area contributed by atoms with Crippen LogP contribution >= 0.6 is 0 Å². The second-order valence-corrected chi connectivity index (χ2v) is 7.91. The Morgan fingerprint density at radius 2 is 1.71 bits per heavy atom. The summed E-state index contributed by atoms with van der Waals surface area (Å²) in [6, 6.07) is 0.533. The van der Waals surface area contributed by atoms with E-state index in [4.69, 9.17) is 0 Å². The van der Waals surface area contributed by atoms with Crippen molar-refractivity contribution < 1.29 is 4.79 Å². The topological polar surface area (TPSA) is 23.6 Å². The Balaban J connectivity index is 1.66. The minimum Gasteiger partial charge on any atom is -0.338 e. The lowest BCUT2D eigenvalue weighted by atomic mass is 9.86. The third-order valence-electron chi connectivity index (χ3n) is 6.14. The molecule has 3 nitrogen and oxygen atoms in total. The van der Waals surface area contributed by atoms with Gasteiger partial charge < -0.3 is 9.80 Å². The Morgan fingerprint density at radius 3 is 2.29 bits per heavy atom. The summed E-state index contributed by atoms with van der Waals surface area (Å²) in [4.78, 5) is 17.7. The van der Waals surface area contributed by atoms with Crippen LogP contribution in [0.4, 0.5) is 0 Å². The molecule has 0 radical (unpaired) electrons. The maximum absolute atomic E-state index is 13.2. The monoisotopic (exact) mass is 292 g/mol. The average molecular weight is 292 g/mol. The number of likely N-dealkylation sites (N-methyl/N-ethyl adjacent to an activating group) is 1. The molecule has 0 N–H and O–H groups in total. The van der Waals surface area contributed by atoms with Crippen molar-refractivity contribution in [1.29, 1.82) is 0 Å². The van der Waals surface area contributed by atoms with Crippen molar-refractivity contribution in [3.05, 3.63) is 0 Å². The van der Waals surface area contributed by atoms with Crippen molar-refractivity contribution >= 4 is 5.91 Å². The summed E-state index contributed by atoms with van der Waals surface area (Å²) in [6.45, 7) is 1.94. The van der Waals surface area contributed by atoms with Crippen molar-refractivity contribution in [2.45, 2.75) is 63.8 Å². The van der Waals surface area contributed by atoms with Gasteiger partial charge in [0.1, 0.15) is 0 Å². The number of hydrogen-bond donors (Lipinski definition) is 0. The SMILES string of the molecule is CN(C)CCN(C(=O)[C@H]1C[C@H]2CC[C@H]1C2)C1CCCCC1. The van der Waals surface area contributed by atoms with E-state index in [0.29, 0.717) is 23.8 Å². The second kappa shape index (κ2) is 6.68. The van der Waals surface area contributed by atoms with Crippen molar-refractivity contribution in [2.75, 3.05) is 27.2 Å². The van der Waals surface area contributed by atoms with Gasteiger partial charge in [-0.15, -0.1) is 0 Å². The quantitative estimate of drug-likeness (QED) is 0.777. The zero-order valence-corrected chi connectivity index (χ0v) is 13.9. The van der Waals surface area contributed by atoms with Crippen LogP contribution in [0.1, 0.15) is 57.8 Å². The summed E-state index contributed by atoms with van der Waals surface area (Å²) in [5, 5.41) is 0. The van der Waals surface area contributed by atoms with Crippen molar-refractivity contribution in [2.24, 2.45) is 17.8 Å². The predicted molar refractivity (Wildman–Crippen MR) is 86.1 cm³/mol. The number of rotatable bonds is 5. The number of carbonyl (C=O) groups excluding carboxylic acids is 1. The molecule has 3 saturated carbocycles. The molecule has 3 rings (SSSR count). The first-order valence-electron chi connectivity index (χ1n) is 9.10. The average Bonchev–Trinajstić information content (AvgIpc) is 3.11. The first kappa shape index (κ1) is 15.3. The van der Waals surface area contributed by atoms with E-state index in [1.165, 1.54) is 57.8 Å². The van der Waals surface area contributed by atoms with Crippen LogP contribution in [0.5, 0.6) is 0 Å². The molecule has 0 aromatic heterocycles. The molecule has 0 saturated heterocycles. The second-order valence-electron chi connectivity index (χ2n) is 7.91.